The van der Waals surface area contributed by atoms with Gasteiger partial charge in [0.2, 0.25) is 0 Å². The van der Waals surface area contributed by atoms with Gasteiger partial charge in [0, 0.05) is 6.54 Å². The van der Waals surface area contributed by atoms with Crippen molar-refractivity contribution in [2.24, 2.45) is 10.9 Å². The van der Waals surface area contributed by atoms with E-state index in [1.165, 1.54) is 24.0 Å². The van der Waals surface area contributed by atoms with E-state index in [0.717, 1.165) is 31.4 Å². The molecular weight excluding hydrogens is 385 g/mol. The molecule has 4 heteroatoms. The summed E-state index contributed by atoms with van der Waals surface area (Å²) in [6, 6.07) is 9.89. The fraction of sp³-hybridized carbons (Fsp3) is 0.611. The Hall–Kier alpha value is -0.780. The summed E-state index contributed by atoms with van der Waals surface area (Å²) in [5.41, 5.74) is 2.73. The molecule has 2 aliphatic heterocycles. The minimum absolute atomic E-state index is 0. The number of fused-ring (bicyclic) bond motifs is 1. The Morgan fingerprint density at radius 3 is 2.68 bits per heavy atom. The molecule has 0 saturated carbocycles. The van der Waals surface area contributed by atoms with Gasteiger partial charge in [0.1, 0.15) is 0 Å². The summed E-state index contributed by atoms with van der Waals surface area (Å²) >= 11 is 0. The molecule has 122 valence electrons. The highest BCUT2D eigenvalue weighted by molar-refractivity contribution is 14.0. The first kappa shape index (κ1) is 17.6. The van der Waals surface area contributed by atoms with Crippen LogP contribution >= 0.6 is 24.0 Å². The number of nitrogens with zero attached hydrogens (tertiary/aromatic N) is 2. The van der Waals surface area contributed by atoms with E-state index in [2.05, 4.69) is 55.3 Å². The number of hydrogen-bond acceptors (Lipinski definition) is 3. The number of piperidine rings is 1. The molecule has 0 aromatic heterocycles. The molecule has 1 N–H and O–H groups in total. The molecule has 1 aromatic carbocycles. The lowest BCUT2D eigenvalue weighted by Gasteiger charge is -2.36. The van der Waals surface area contributed by atoms with Crippen molar-refractivity contribution in [2.45, 2.75) is 52.1 Å². The van der Waals surface area contributed by atoms with E-state index >= 15 is 0 Å². The molecule has 3 atom stereocenters. The number of aliphatic imine (C=N–C) groups is 1. The summed E-state index contributed by atoms with van der Waals surface area (Å²) < 4.78 is 0. The molecule has 0 radical (unpaired) electrons. The van der Waals surface area contributed by atoms with E-state index < -0.39 is 0 Å². The Morgan fingerprint density at radius 2 is 2.00 bits per heavy atom. The Kier molecular flexibility index (Phi) is 6.12. The maximum atomic E-state index is 4.75. The molecule has 1 fully saturated rings. The Balaban J connectivity index is 0.00000176. The zero-order valence-corrected chi connectivity index (χ0v) is 16.2. The van der Waals surface area contributed by atoms with Gasteiger partial charge in [0.05, 0.1) is 18.6 Å². The van der Waals surface area contributed by atoms with Gasteiger partial charge in [-0.2, -0.15) is 0 Å². The lowest BCUT2D eigenvalue weighted by atomic mass is 9.95. The summed E-state index contributed by atoms with van der Waals surface area (Å²) in [4.78, 5) is 7.24. The van der Waals surface area contributed by atoms with Crippen LogP contribution in [0.5, 0.6) is 0 Å². The van der Waals surface area contributed by atoms with Gasteiger partial charge in [-0.25, -0.2) is 0 Å². The zero-order chi connectivity index (χ0) is 14.8. The van der Waals surface area contributed by atoms with Crippen LogP contribution in [0.15, 0.2) is 29.3 Å². The average Bonchev–Trinajstić information content (AvgIpc) is 2.89. The van der Waals surface area contributed by atoms with E-state index in [-0.39, 0.29) is 24.0 Å². The van der Waals surface area contributed by atoms with Gasteiger partial charge in [-0.05, 0) is 43.2 Å². The second-order valence-electron chi connectivity index (χ2n) is 6.61. The second-order valence-corrected chi connectivity index (χ2v) is 6.61. The van der Waals surface area contributed by atoms with Gasteiger partial charge in [0.25, 0.3) is 0 Å². The van der Waals surface area contributed by atoms with Gasteiger partial charge in [-0.15, -0.1) is 24.0 Å². The van der Waals surface area contributed by atoms with Crippen molar-refractivity contribution >= 4 is 29.9 Å². The highest BCUT2D eigenvalue weighted by atomic mass is 127. The summed E-state index contributed by atoms with van der Waals surface area (Å²) in [7, 11) is 0. The van der Waals surface area contributed by atoms with E-state index in [0.29, 0.717) is 12.1 Å². The standard InChI is InChI=1S/C18H27N3.HI/c1-4-15-6-8-16(9-7-15)14(3)20-18-19-11-17-10-5-13(2)12-21(17)18;/h6-9,13-14,17H,4-5,10-12H2,1-3H3,(H,19,20);1H. The molecule has 3 nitrogen and oxygen atoms in total. The molecule has 2 aliphatic rings. The van der Waals surface area contributed by atoms with Gasteiger partial charge < -0.3 is 10.2 Å². The van der Waals surface area contributed by atoms with Crippen molar-refractivity contribution in [3.8, 4) is 0 Å². The summed E-state index contributed by atoms with van der Waals surface area (Å²) in [6.07, 6.45) is 3.73. The minimum atomic E-state index is 0. The average molecular weight is 413 g/mol. The normalized spacial score (nSPS) is 25.0. The fourth-order valence-corrected chi connectivity index (χ4v) is 3.39. The maximum Gasteiger partial charge on any atom is 0.194 e. The summed E-state index contributed by atoms with van der Waals surface area (Å²) in [5.74, 6) is 1.89. The van der Waals surface area contributed by atoms with Gasteiger partial charge in [-0.3, -0.25) is 4.99 Å². The molecule has 0 bridgehead atoms. The van der Waals surface area contributed by atoms with Crippen LogP contribution in [0.1, 0.15) is 50.8 Å². The predicted molar refractivity (Wildman–Crippen MR) is 104 cm³/mol. The molecular formula is C18H28IN3. The predicted octanol–water partition coefficient (Wildman–Crippen LogP) is 3.99. The molecule has 1 saturated heterocycles. The van der Waals surface area contributed by atoms with Crippen LogP contribution in [0.2, 0.25) is 0 Å². The number of aryl methyl sites for hydroxylation is 1. The number of benzene rings is 1. The first-order valence-corrected chi connectivity index (χ1v) is 8.33. The largest absolute Gasteiger partial charge is 0.350 e. The number of guanidine groups is 1. The number of halogens is 1. The number of hydrogen-bond donors (Lipinski definition) is 1. The van der Waals surface area contributed by atoms with Crippen molar-refractivity contribution in [2.75, 3.05) is 13.1 Å². The van der Waals surface area contributed by atoms with Crippen molar-refractivity contribution in [3.63, 3.8) is 0 Å². The molecule has 1 aromatic rings. The van der Waals surface area contributed by atoms with Crippen molar-refractivity contribution in [3.05, 3.63) is 35.4 Å². The Bertz CT molecular complexity index is 512. The third kappa shape index (κ3) is 3.76. The van der Waals surface area contributed by atoms with Crippen LogP contribution in [0, 0.1) is 5.92 Å². The SMILES string of the molecule is CCc1ccc(C(C)NC2=NCC3CCC(C)CN23)cc1.I. The Labute approximate surface area is 151 Å². The first-order chi connectivity index (χ1) is 10.2. The first-order valence-electron chi connectivity index (χ1n) is 8.33. The molecule has 0 amide bonds. The third-order valence-electron chi connectivity index (χ3n) is 4.90. The monoisotopic (exact) mass is 413 g/mol. The van der Waals surface area contributed by atoms with Crippen molar-refractivity contribution in [1.82, 2.24) is 10.2 Å². The fourth-order valence-electron chi connectivity index (χ4n) is 3.39. The summed E-state index contributed by atoms with van der Waals surface area (Å²) in [5, 5.41) is 3.63. The van der Waals surface area contributed by atoms with E-state index in [1.54, 1.807) is 0 Å². The third-order valence-corrected chi connectivity index (χ3v) is 4.90. The molecule has 0 aliphatic carbocycles. The molecule has 3 rings (SSSR count). The highest BCUT2D eigenvalue weighted by Gasteiger charge is 2.33. The van der Waals surface area contributed by atoms with Gasteiger partial charge in [-0.1, -0.05) is 38.1 Å². The van der Waals surface area contributed by atoms with Crippen LogP contribution in [0.3, 0.4) is 0 Å². The van der Waals surface area contributed by atoms with Crippen LogP contribution in [0.25, 0.3) is 0 Å². The van der Waals surface area contributed by atoms with E-state index in [1.807, 2.05) is 0 Å². The quantitative estimate of drug-likeness (QED) is 0.759. The Morgan fingerprint density at radius 1 is 1.27 bits per heavy atom. The second kappa shape index (κ2) is 7.66. The van der Waals surface area contributed by atoms with Crippen molar-refractivity contribution in [1.29, 1.82) is 0 Å². The number of rotatable bonds is 3. The molecule has 22 heavy (non-hydrogen) atoms. The van der Waals surface area contributed by atoms with Gasteiger partial charge >= 0.3 is 0 Å². The minimum Gasteiger partial charge on any atom is -0.350 e. The van der Waals surface area contributed by atoms with Crippen LogP contribution < -0.4 is 5.32 Å². The van der Waals surface area contributed by atoms with E-state index in [4.69, 9.17) is 4.99 Å². The molecule has 2 heterocycles. The van der Waals surface area contributed by atoms with Crippen molar-refractivity contribution < 1.29 is 0 Å². The highest BCUT2D eigenvalue weighted by Crippen LogP contribution is 2.26. The number of nitrogens with one attached hydrogen (secondary N) is 1. The smallest absolute Gasteiger partial charge is 0.194 e. The van der Waals surface area contributed by atoms with Gasteiger partial charge in [0.15, 0.2) is 5.96 Å². The van der Waals surface area contributed by atoms with Crippen LogP contribution in [-0.2, 0) is 6.42 Å². The summed E-state index contributed by atoms with van der Waals surface area (Å²) in [6.45, 7) is 8.89. The maximum absolute atomic E-state index is 4.75. The topological polar surface area (TPSA) is 27.6 Å². The molecule has 0 spiro atoms. The zero-order valence-electron chi connectivity index (χ0n) is 13.9. The lowest BCUT2D eigenvalue weighted by Crippen LogP contribution is -2.48. The van der Waals surface area contributed by atoms with Crippen LogP contribution in [-0.4, -0.2) is 30.0 Å². The van der Waals surface area contributed by atoms with E-state index in [9.17, 15) is 0 Å². The van der Waals surface area contributed by atoms with Crippen LogP contribution in [0.4, 0.5) is 0 Å². The molecule has 3 unspecified atom stereocenters. The lowest BCUT2D eigenvalue weighted by molar-refractivity contribution is 0.210.